The van der Waals surface area contributed by atoms with Gasteiger partial charge < -0.3 is 10.6 Å². The van der Waals surface area contributed by atoms with E-state index >= 15 is 0 Å². The van der Waals surface area contributed by atoms with Gasteiger partial charge in [-0.1, -0.05) is 0 Å². The third-order valence-corrected chi connectivity index (χ3v) is 2.51. The molecule has 14 heavy (non-hydrogen) atoms. The number of carbonyl (C=O) groups excluding carboxylic acids is 1. The first kappa shape index (κ1) is 10.8. The summed E-state index contributed by atoms with van der Waals surface area (Å²) in [6.07, 6.45) is 0.806. The van der Waals surface area contributed by atoms with Gasteiger partial charge in [-0.05, 0) is 6.92 Å². The van der Waals surface area contributed by atoms with Crippen molar-refractivity contribution in [1.82, 2.24) is 4.90 Å². The largest absolute Gasteiger partial charge is 0.402 e. The van der Waals surface area contributed by atoms with E-state index in [2.05, 4.69) is 4.99 Å². The molecule has 0 aromatic carbocycles. The van der Waals surface area contributed by atoms with Gasteiger partial charge >= 0.3 is 0 Å². The van der Waals surface area contributed by atoms with Crippen molar-refractivity contribution in [2.75, 3.05) is 20.1 Å². The average Bonchev–Trinajstić information content (AvgIpc) is 2.16. The van der Waals surface area contributed by atoms with E-state index in [9.17, 15) is 4.79 Å². The third kappa shape index (κ3) is 2.13. The molecule has 0 saturated carbocycles. The minimum absolute atomic E-state index is 0.0962. The molecule has 4 nitrogen and oxygen atoms in total. The lowest BCUT2D eigenvalue weighted by Gasteiger charge is -2.29. The molecule has 0 aromatic rings. The number of piperidine rings is 1. The Morgan fingerprint density at radius 3 is 2.57 bits per heavy atom. The van der Waals surface area contributed by atoms with Gasteiger partial charge in [0.05, 0.1) is 0 Å². The predicted octanol–water partition coefficient (Wildman–Crippen LogP) is 0.542. The Balaban J connectivity index is 2.89. The third-order valence-electron chi connectivity index (χ3n) is 2.51. The van der Waals surface area contributed by atoms with Crippen LogP contribution in [0.15, 0.2) is 16.3 Å². The summed E-state index contributed by atoms with van der Waals surface area (Å²) in [7, 11) is 1.77. The fourth-order valence-corrected chi connectivity index (χ4v) is 1.62. The molecule has 1 rings (SSSR count). The predicted molar refractivity (Wildman–Crippen MR) is 57.1 cm³/mol. The lowest BCUT2D eigenvalue weighted by molar-refractivity contribution is -0.128. The van der Waals surface area contributed by atoms with E-state index < -0.39 is 0 Å². The van der Waals surface area contributed by atoms with Gasteiger partial charge in [0.1, 0.15) is 0 Å². The van der Waals surface area contributed by atoms with E-state index in [1.165, 1.54) is 0 Å². The molecule has 0 aliphatic carbocycles. The monoisotopic (exact) mass is 195 g/mol. The zero-order valence-corrected chi connectivity index (χ0v) is 9.00. The highest BCUT2D eigenvalue weighted by Gasteiger charge is 2.21. The Kier molecular flexibility index (Phi) is 3.28. The molecule has 1 aliphatic rings. The van der Waals surface area contributed by atoms with E-state index in [0.717, 1.165) is 29.9 Å². The Labute approximate surface area is 84.5 Å². The first-order chi connectivity index (χ1) is 6.56. The minimum atomic E-state index is 0.0962. The number of amides is 1. The first-order valence-electron chi connectivity index (χ1n) is 4.73. The maximum Gasteiger partial charge on any atom is 0.219 e. The second kappa shape index (κ2) is 4.26. The number of carbonyl (C=O) groups is 1. The summed E-state index contributed by atoms with van der Waals surface area (Å²) in [4.78, 5) is 17.2. The van der Waals surface area contributed by atoms with Crippen LogP contribution in [-0.4, -0.2) is 36.7 Å². The Morgan fingerprint density at radius 2 is 2.14 bits per heavy atom. The summed E-state index contributed by atoms with van der Waals surface area (Å²) in [5.74, 6) is 0.0962. The smallest absolute Gasteiger partial charge is 0.219 e. The number of allylic oxidation sites excluding steroid dienone is 1. The van der Waals surface area contributed by atoms with Gasteiger partial charge in [-0.25, -0.2) is 0 Å². The molecular weight excluding hydrogens is 178 g/mol. The summed E-state index contributed by atoms with van der Waals surface area (Å²) in [6, 6.07) is 0. The van der Waals surface area contributed by atoms with Crippen molar-refractivity contribution in [3.63, 3.8) is 0 Å². The fraction of sp³-hybridized carbons (Fsp3) is 0.600. The van der Waals surface area contributed by atoms with Crippen molar-refractivity contribution in [3.05, 3.63) is 11.3 Å². The number of rotatable bonds is 0. The molecule has 4 heteroatoms. The molecule has 1 heterocycles. The van der Waals surface area contributed by atoms with E-state index in [1.807, 2.05) is 6.92 Å². The van der Waals surface area contributed by atoms with Gasteiger partial charge in [-0.3, -0.25) is 9.79 Å². The van der Waals surface area contributed by atoms with Crippen LogP contribution < -0.4 is 5.73 Å². The highest BCUT2D eigenvalue weighted by Crippen LogP contribution is 2.15. The molecule has 1 saturated heterocycles. The van der Waals surface area contributed by atoms with Crippen LogP contribution in [0.2, 0.25) is 0 Å². The van der Waals surface area contributed by atoms with Crippen molar-refractivity contribution in [2.24, 2.45) is 10.7 Å². The highest BCUT2D eigenvalue weighted by atomic mass is 16.2. The van der Waals surface area contributed by atoms with Crippen molar-refractivity contribution < 1.29 is 4.79 Å². The number of nitrogens with zero attached hydrogens (tertiary/aromatic N) is 2. The summed E-state index contributed by atoms with van der Waals surface area (Å²) >= 11 is 0. The van der Waals surface area contributed by atoms with Crippen LogP contribution in [-0.2, 0) is 4.79 Å². The van der Waals surface area contributed by atoms with Gasteiger partial charge in [-0.15, -0.1) is 0 Å². The lowest BCUT2D eigenvalue weighted by atomic mass is 10.0. The molecule has 2 N–H and O–H groups in total. The molecule has 78 valence electrons. The Morgan fingerprint density at radius 1 is 1.50 bits per heavy atom. The van der Waals surface area contributed by atoms with E-state index in [-0.39, 0.29) is 5.91 Å². The Bertz CT molecular complexity index is 300. The van der Waals surface area contributed by atoms with Crippen LogP contribution in [0.4, 0.5) is 0 Å². The summed E-state index contributed by atoms with van der Waals surface area (Å²) in [6.45, 7) is 4.78. The van der Waals surface area contributed by atoms with Gasteiger partial charge in [0.2, 0.25) is 5.91 Å². The van der Waals surface area contributed by atoms with Crippen LogP contribution in [0.5, 0.6) is 0 Å². The van der Waals surface area contributed by atoms with Gasteiger partial charge in [-0.2, -0.15) is 0 Å². The maximum absolute atomic E-state index is 11.2. The number of hydrogen-bond acceptors (Lipinski definition) is 3. The van der Waals surface area contributed by atoms with Crippen LogP contribution >= 0.6 is 0 Å². The summed E-state index contributed by atoms with van der Waals surface area (Å²) < 4.78 is 0. The van der Waals surface area contributed by atoms with Crippen molar-refractivity contribution in [2.45, 2.75) is 20.3 Å². The maximum atomic E-state index is 11.2. The molecule has 0 radical (unpaired) electrons. The SMILES string of the molecule is CN=C1CCN(C(C)=O)CC1=C(C)N. The van der Waals surface area contributed by atoms with Crippen LogP contribution in [0.3, 0.4) is 0 Å². The molecule has 0 atom stereocenters. The highest BCUT2D eigenvalue weighted by molar-refractivity contribution is 6.02. The standard InChI is InChI=1S/C10H17N3O/c1-7(11)9-6-13(8(2)14)5-4-10(9)12-3/h4-6,11H2,1-3H3. The lowest BCUT2D eigenvalue weighted by Crippen LogP contribution is -2.39. The molecule has 0 aromatic heterocycles. The van der Waals surface area contributed by atoms with Crippen molar-refractivity contribution >= 4 is 11.6 Å². The van der Waals surface area contributed by atoms with Gasteiger partial charge in [0, 0.05) is 50.5 Å². The fourth-order valence-electron chi connectivity index (χ4n) is 1.62. The summed E-state index contributed by atoms with van der Waals surface area (Å²) in [5.41, 5.74) is 8.56. The van der Waals surface area contributed by atoms with E-state index in [0.29, 0.717) is 6.54 Å². The second-order valence-corrected chi connectivity index (χ2v) is 3.52. The number of aliphatic imine (C=N–C) groups is 1. The molecule has 0 spiro atoms. The molecule has 0 bridgehead atoms. The molecule has 0 unspecified atom stereocenters. The minimum Gasteiger partial charge on any atom is -0.402 e. The Hall–Kier alpha value is -1.32. The normalized spacial score (nSPS) is 23.9. The molecule has 1 fully saturated rings. The van der Waals surface area contributed by atoms with Gasteiger partial charge in [0.15, 0.2) is 0 Å². The first-order valence-corrected chi connectivity index (χ1v) is 4.73. The van der Waals surface area contributed by atoms with Crippen LogP contribution in [0.1, 0.15) is 20.3 Å². The number of hydrogen-bond donors (Lipinski definition) is 1. The second-order valence-electron chi connectivity index (χ2n) is 3.52. The molecule has 1 aliphatic heterocycles. The quantitative estimate of drug-likeness (QED) is 0.613. The average molecular weight is 195 g/mol. The number of likely N-dealkylation sites (tertiary alicyclic amines) is 1. The zero-order valence-electron chi connectivity index (χ0n) is 9.00. The van der Waals surface area contributed by atoms with Crippen LogP contribution in [0.25, 0.3) is 0 Å². The summed E-state index contributed by atoms with van der Waals surface area (Å²) in [5, 5.41) is 0. The topological polar surface area (TPSA) is 58.7 Å². The van der Waals surface area contributed by atoms with E-state index in [1.54, 1.807) is 18.9 Å². The van der Waals surface area contributed by atoms with Crippen molar-refractivity contribution in [1.29, 1.82) is 0 Å². The zero-order chi connectivity index (χ0) is 10.7. The molecule has 1 amide bonds. The van der Waals surface area contributed by atoms with Crippen molar-refractivity contribution in [3.8, 4) is 0 Å². The number of nitrogens with two attached hydrogens (primary N) is 1. The van der Waals surface area contributed by atoms with Crippen LogP contribution in [0, 0.1) is 0 Å². The molecular formula is C10H17N3O. The van der Waals surface area contributed by atoms with E-state index in [4.69, 9.17) is 5.73 Å². The van der Waals surface area contributed by atoms with Gasteiger partial charge in [0.25, 0.3) is 0 Å².